The molecule has 0 aromatic rings. The van der Waals surface area contributed by atoms with Crippen molar-refractivity contribution in [3.8, 4) is 0 Å². The van der Waals surface area contributed by atoms with Gasteiger partial charge in [-0.1, -0.05) is 12.2 Å². The fourth-order valence-electron chi connectivity index (χ4n) is 0.474. The van der Waals surface area contributed by atoms with Crippen molar-refractivity contribution >= 4 is 34.5 Å². The fourth-order valence-corrected chi connectivity index (χ4v) is 0.721. The van der Waals surface area contributed by atoms with Crippen molar-refractivity contribution in [2.24, 2.45) is 11.5 Å². The van der Waals surface area contributed by atoms with Crippen molar-refractivity contribution in [3.05, 3.63) is 0 Å². The van der Waals surface area contributed by atoms with Crippen molar-refractivity contribution in [2.45, 2.75) is 12.8 Å². The van der Waals surface area contributed by atoms with Gasteiger partial charge in [-0.3, -0.25) is 0 Å². The van der Waals surface area contributed by atoms with Crippen molar-refractivity contribution in [3.63, 3.8) is 0 Å². The number of rotatable bonds is 4. The Morgan fingerprint density at radius 3 is 2.30 bits per heavy atom. The molecule has 0 saturated heterocycles. The van der Waals surface area contributed by atoms with Crippen molar-refractivity contribution in [1.29, 1.82) is 0 Å². The van der Waals surface area contributed by atoms with Gasteiger partial charge < -0.3 is 16.8 Å². The molecule has 0 aromatic heterocycles. The second-order valence-corrected chi connectivity index (χ2v) is 2.83. The SMILES string of the molecule is NC(=S)CCCNC(N)=S. The lowest BCUT2D eigenvalue weighted by Crippen LogP contribution is -2.30. The summed E-state index contributed by atoms with van der Waals surface area (Å²) < 4.78 is 0. The Labute approximate surface area is 71.1 Å². The summed E-state index contributed by atoms with van der Waals surface area (Å²) in [4.78, 5) is 0.532. The molecule has 0 unspecified atom stereocenters. The highest BCUT2D eigenvalue weighted by molar-refractivity contribution is 7.80. The van der Waals surface area contributed by atoms with Crippen molar-refractivity contribution in [2.75, 3.05) is 6.54 Å². The van der Waals surface area contributed by atoms with Gasteiger partial charge in [0.05, 0.1) is 4.99 Å². The average molecular weight is 177 g/mol. The molecule has 58 valence electrons. The minimum absolute atomic E-state index is 0.322. The molecule has 0 aliphatic carbocycles. The molecule has 0 fully saturated rings. The Hall–Kier alpha value is -0.420. The van der Waals surface area contributed by atoms with Gasteiger partial charge >= 0.3 is 0 Å². The summed E-state index contributed by atoms with van der Waals surface area (Å²) in [5.74, 6) is 0. The lowest BCUT2D eigenvalue weighted by Gasteiger charge is -2.01. The van der Waals surface area contributed by atoms with E-state index >= 15 is 0 Å². The Kier molecular flexibility index (Phi) is 5.15. The van der Waals surface area contributed by atoms with E-state index in [0.29, 0.717) is 10.1 Å². The monoisotopic (exact) mass is 177 g/mol. The van der Waals surface area contributed by atoms with E-state index in [9.17, 15) is 0 Å². The molecule has 0 atom stereocenters. The van der Waals surface area contributed by atoms with Crippen LogP contribution in [0.3, 0.4) is 0 Å². The molecular weight excluding hydrogens is 166 g/mol. The van der Waals surface area contributed by atoms with Crippen LogP contribution < -0.4 is 16.8 Å². The van der Waals surface area contributed by atoms with Crippen LogP contribution in [0.1, 0.15) is 12.8 Å². The molecule has 0 saturated carbocycles. The predicted molar refractivity (Wildman–Crippen MR) is 50.8 cm³/mol. The maximum absolute atomic E-state index is 5.25. The normalized spacial score (nSPS) is 8.80. The molecule has 0 aliphatic rings. The van der Waals surface area contributed by atoms with Crippen LogP contribution in [-0.4, -0.2) is 16.6 Å². The molecule has 0 aromatic carbocycles. The standard InChI is InChI=1S/C5H11N3S2/c6-4(9)2-1-3-8-5(7)10/h1-3H2,(H2,6,9)(H3,7,8,10). The molecule has 0 rings (SSSR count). The van der Waals surface area contributed by atoms with Gasteiger partial charge in [0.2, 0.25) is 0 Å². The summed E-state index contributed by atoms with van der Waals surface area (Å²) in [7, 11) is 0. The van der Waals surface area contributed by atoms with E-state index in [2.05, 4.69) is 29.8 Å². The Bertz CT molecular complexity index is 119. The quantitative estimate of drug-likeness (QED) is 0.413. The van der Waals surface area contributed by atoms with E-state index in [4.69, 9.17) is 11.5 Å². The molecule has 10 heavy (non-hydrogen) atoms. The molecule has 0 aliphatic heterocycles. The summed E-state index contributed by atoms with van der Waals surface area (Å²) in [5.41, 5.74) is 10.4. The molecule has 0 radical (unpaired) electrons. The largest absolute Gasteiger partial charge is 0.393 e. The highest BCUT2D eigenvalue weighted by Crippen LogP contribution is 1.85. The van der Waals surface area contributed by atoms with Crippen LogP contribution in [-0.2, 0) is 0 Å². The van der Waals surface area contributed by atoms with E-state index in [-0.39, 0.29) is 0 Å². The van der Waals surface area contributed by atoms with Gasteiger partial charge in [0.25, 0.3) is 0 Å². The maximum atomic E-state index is 5.25. The Morgan fingerprint density at radius 2 is 1.90 bits per heavy atom. The smallest absolute Gasteiger partial charge is 0.163 e. The van der Waals surface area contributed by atoms with Crippen LogP contribution >= 0.6 is 24.4 Å². The first-order valence-corrected chi connectivity index (χ1v) is 3.76. The first-order chi connectivity index (χ1) is 4.63. The van der Waals surface area contributed by atoms with Crippen LogP contribution in [0, 0.1) is 0 Å². The Balaban J connectivity index is 3.06. The predicted octanol–water partition coefficient (Wildman–Crippen LogP) is -0.114. The minimum atomic E-state index is 0.322. The second-order valence-electron chi connectivity index (χ2n) is 1.86. The number of hydrogen-bond acceptors (Lipinski definition) is 2. The second kappa shape index (κ2) is 5.37. The number of thiocarbonyl (C=S) groups is 2. The zero-order valence-corrected chi connectivity index (χ0v) is 7.23. The third kappa shape index (κ3) is 7.58. The van der Waals surface area contributed by atoms with Crippen LogP contribution in [0.5, 0.6) is 0 Å². The zero-order chi connectivity index (χ0) is 7.98. The van der Waals surface area contributed by atoms with Crippen LogP contribution in [0.15, 0.2) is 0 Å². The van der Waals surface area contributed by atoms with Gasteiger partial charge in [0.1, 0.15) is 0 Å². The van der Waals surface area contributed by atoms with E-state index in [1.54, 1.807) is 0 Å². The van der Waals surface area contributed by atoms with Crippen LogP contribution in [0.4, 0.5) is 0 Å². The van der Waals surface area contributed by atoms with Crippen molar-refractivity contribution in [1.82, 2.24) is 5.32 Å². The molecule has 5 N–H and O–H groups in total. The topological polar surface area (TPSA) is 64.1 Å². The molecule has 0 heterocycles. The third-order valence-electron chi connectivity index (χ3n) is 0.899. The zero-order valence-electron chi connectivity index (χ0n) is 5.59. The van der Waals surface area contributed by atoms with Crippen LogP contribution in [0.2, 0.25) is 0 Å². The number of hydrogen-bond donors (Lipinski definition) is 3. The summed E-state index contributed by atoms with van der Waals surface area (Å²) in [6, 6.07) is 0. The summed E-state index contributed by atoms with van der Waals surface area (Å²) >= 11 is 9.24. The maximum Gasteiger partial charge on any atom is 0.163 e. The average Bonchev–Trinajstić information content (AvgIpc) is 1.79. The fraction of sp³-hybridized carbons (Fsp3) is 0.600. The van der Waals surface area contributed by atoms with Gasteiger partial charge in [-0.15, -0.1) is 0 Å². The summed E-state index contributed by atoms with van der Waals surface area (Å²) in [6.45, 7) is 0.743. The highest BCUT2D eigenvalue weighted by Gasteiger charge is 1.89. The van der Waals surface area contributed by atoms with Gasteiger partial charge in [-0.05, 0) is 25.1 Å². The van der Waals surface area contributed by atoms with Crippen molar-refractivity contribution < 1.29 is 0 Å². The van der Waals surface area contributed by atoms with Gasteiger partial charge in [0, 0.05) is 6.54 Å². The van der Waals surface area contributed by atoms with E-state index < -0.39 is 0 Å². The number of nitrogens with one attached hydrogen (secondary N) is 1. The van der Waals surface area contributed by atoms with Gasteiger partial charge in [-0.2, -0.15) is 0 Å². The summed E-state index contributed by atoms with van der Waals surface area (Å²) in [5, 5.41) is 3.12. The highest BCUT2D eigenvalue weighted by atomic mass is 32.1. The molecule has 0 amide bonds. The first-order valence-electron chi connectivity index (χ1n) is 2.94. The van der Waals surface area contributed by atoms with E-state index in [1.165, 1.54) is 0 Å². The summed E-state index contributed by atoms with van der Waals surface area (Å²) in [6.07, 6.45) is 1.62. The molecule has 0 bridgehead atoms. The first kappa shape index (κ1) is 9.58. The number of nitrogens with two attached hydrogens (primary N) is 2. The third-order valence-corrected chi connectivity index (χ3v) is 1.25. The van der Waals surface area contributed by atoms with Crippen LogP contribution in [0.25, 0.3) is 0 Å². The molecule has 5 heteroatoms. The molecule has 3 nitrogen and oxygen atoms in total. The van der Waals surface area contributed by atoms with E-state index in [1.807, 2.05) is 0 Å². The lowest BCUT2D eigenvalue weighted by molar-refractivity contribution is 0.808. The lowest BCUT2D eigenvalue weighted by atomic mass is 10.3. The van der Waals surface area contributed by atoms with Gasteiger partial charge in [-0.25, -0.2) is 0 Å². The van der Waals surface area contributed by atoms with Gasteiger partial charge in [0.15, 0.2) is 5.11 Å². The molecule has 0 spiro atoms. The van der Waals surface area contributed by atoms with E-state index in [0.717, 1.165) is 19.4 Å². The Morgan fingerprint density at radius 1 is 1.30 bits per heavy atom. The molecular formula is C5H11N3S2. The minimum Gasteiger partial charge on any atom is -0.393 e.